The number of nitriles is 2. The highest BCUT2D eigenvalue weighted by atomic mass is 16.2. The maximum absolute atomic E-state index is 13.7. The standard InChI is InChI=1S/C25H16N2O2/c26-16-24(17-27)21(18-10-4-1-5-11-18)25(24,22(28)19-12-6-2-7-13-19)23(29)20-14-8-3-9-15-20/h1-15,21H. The van der Waals surface area contributed by atoms with Crippen LogP contribution in [0.15, 0.2) is 91.0 Å². The maximum atomic E-state index is 13.7. The number of rotatable bonds is 5. The SMILES string of the molecule is N#CC1(C#N)C(c2ccccc2)C1(C(=O)c1ccccc1)C(=O)c1ccccc1. The van der Waals surface area contributed by atoms with Crippen LogP contribution >= 0.6 is 0 Å². The Morgan fingerprint density at radius 3 is 1.41 bits per heavy atom. The largest absolute Gasteiger partial charge is 0.293 e. The summed E-state index contributed by atoms with van der Waals surface area (Å²) in [6.07, 6.45) is 0. The van der Waals surface area contributed by atoms with Gasteiger partial charge in [0.2, 0.25) is 0 Å². The van der Waals surface area contributed by atoms with Crippen molar-refractivity contribution >= 4 is 11.6 Å². The first kappa shape index (κ1) is 18.3. The molecule has 0 heterocycles. The lowest BCUT2D eigenvalue weighted by Crippen LogP contribution is -2.32. The fourth-order valence-corrected chi connectivity index (χ4v) is 4.31. The van der Waals surface area contributed by atoms with Crippen molar-refractivity contribution in [3.05, 3.63) is 108 Å². The lowest BCUT2D eigenvalue weighted by Gasteiger charge is -2.16. The van der Waals surface area contributed by atoms with Gasteiger partial charge in [-0.3, -0.25) is 9.59 Å². The van der Waals surface area contributed by atoms with Crippen molar-refractivity contribution in [3.8, 4) is 12.1 Å². The third kappa shape index (κ3) is 2.43. The molecule has 1 aliphatic carbocycles. The van der Waals surface area contributed by atoms with E-state index in [1.165, 1.54) is 0 Å². The van der Waals surface area contributed by atoms with Crippen LogP contribution in [0.1, 0.15) is 32.2 Å². The van der Waals surface area contributed by atoms with E-state index in [2.05, 4.69) is 0 Å². The first-order valence-electron chi connectivity index (χ1n) is 9.20. The summed E-state index contributed by atoms with van der Waals surface area (Å²) < 4.78 is 0. The molecule has 0 aliphatic heterocycles. The van der Waals surface area contributed by atoms with Gasteiger partial charge < -0.3 is 0 Å². The van der Waals surface area contributed by atoms with Crippen LogP contribution in [0.4, 0.5) is 0 Å². The highest BCUT2D eigenvalue weighted by Gasteiger charge is 2.86. The number of hydrogen-bond acceptors (Lipinski definition) is 4. The second-order valence-corrected chi connectivity index (χ2v) is 7.07. The van der Waals surface area contributed by atoms with Gasteiger partial charge in [-0.15, -0.1) is 0 Å². The van der Waals surface area contributed by atoms with Gasteiger partial charge >= 0.3 is 0 Å². The highest BCUT2D eigenvalue weighted by Crippen LogP contribution is 2.75. The molecule has 1 fully saturated rings. The van der Waals surface area contributed by atoms with Crippen molar-refractivity contribution in [2.24, 2.45) is 10.8 Å². The Morgan fingerprint density at radius 2 is 1.03 bits per heavy atom. The van der Waals surface area contributed by atoms with Gasteiger partial charge in [0.15, 0.2) is 17.0 Å². The molecule has 1 unspecified atom stereocenters. The summed E-state index contributed by atoms with van der Waals surface area (Å²) in [5.41, 5.74) is -2.31. The van der Waals surface area contributed by atoms with E-state index in [9.17, 15) is 20.1 Å². The number of ketones is 2. The molecule has 0 saturated heterocycles. The molecule has 1 atom stereocenters. The minimum Gasteiger partial charge on any atom is -0.293 e. The van der Waals surface area contributed by atoms with Crippen molar-refractivity contribution in [2.45, 2.75) is 5.92 Å². The summed E-state index contributed by atoms with van der Waals surface area (Å²) in [7, 11) is 0. The summed E-state index contributed by atoms with van der Waals surface area (Å²) in [6.45, 7) is 0. The highest BCUT2D eigenvalue weighted by molar-refractivity contribution is 6.25. The van der Waals surface area contributed by atoms with Gasteiger partial charge in [0.25, 0.3) is 0 Å². The summed E-state index contributed by atoms with van der Waals surface area (Å²) in [5, 5.41) is 20.1. The zero-order chi connectivity index (χ0) is 20.5. The topological polar surface area (TPSA) is 81.7 Å². The van der Waals surface area contributed by atoms with Gasteiger partial charge in [-0.25, -0.2) is 0 Å². The Balaban J connectivity index is 1.99. The fourth-order valence-electron chi connectivity index (χ4n) is 4.31. The van der Waals surface area contributed by atoms with Crippen molar-refractivity contribution in [1.82, 2.24) is 0 Å². The minimum atomic E-state index is -1.79. The van der Waals surface area contributed by atoms with E-state index in [0.717, 1.165) is 0 Å². The van der Waals surface area contributed by atoms with E-state index in [1.54, 1.807) is 84.9 Å². The molecule has 0 spiro atoms. The molecule has 138 valence electrons. The number of benzene rings is 3. The number of nitrogens with zero attached hydrogens (tertiary/aromatic N) is 2. The molecule has 4 nitrogen and oxygen atoms in total. The van der Waals surface area contributed by atoms with E-state index in [1.807, 2.05) is 18.2 Å². The molecule has 0 amide bonds. The molecule has 4 heteroatoms. The normalized spacial score (nSPS) is 18.1. The molecule has 1 saturated carbocycles. The second-order valence-electron chi connectivity index (χ2n) is 7.07. The van der Waals surface area contributed by atoms with E-state index in [0.29, 0.717) is 16.7 Å². The van der Waals surface area contributed by atoms with Crippen LogP contribution in [0.3, 0.4) is 0 Å². The number of carbonyl (C=O) groups excluding carboxylic acids is 2. The molecular formula is C25H16N2O2. The fraction of sp³-hybridized carbons (Fsp3) is 0.120. The van der Waals surface area contributed by atoms with Crippen molar-refractivity contribution in [1.29, 1.82) is 10.5 Å². The summed E-state index contributed by atoms with van der Waals surface area (Å²) in [6, 6.07) is 29.8. The van der Waals surface area contributed by atoms with Crippen LogP contribution in [-0.2, 0) is 0 Å². The number of carbonyl (C=O) groups is 2. The third-order valence-corrected chi connectivity index (χ3v) is 5.68. The van der Waals surface area contributed by atoms with Crippen molar-refractivity contribution < 1.29 is 9.59 Å². The van der Waals surface area contributed by atoms with E-state index < -0.39 is 28.3 Å². The van der Waals surface area contributed by atoms with Crippen LogP contribution in [0.2, 0.25) is 0 Å². The Bertz CT molecular complexity index is 1090. The first-order chi connectivity index (χ1) is 14.1. The van der Waals surface area contributed by atoms with Gasteiger partial charge in [0.1, 0.15) is 5.41 Å². The van der Waals surface area contributed by atoms with Crippen LogP contribution in [0.5, 0.6) is 0 Å². The monoisotopic (exact) mass is 376 g/mol. The van der Waals surface area contributed by atoms with Crippen molar-refractivity contribution in [3.63, 3.8) is 0 Å². The molecule has 0 radical (unpaired) electrons. The lowest BCUT2D eigenvalue weighted by molar-refractivity contribution is 0.0758. The molecule has 1 aliphatic rings. The summed E-state index contributed by atoms with van der Waals surface area (Å²) >= 11 is 0. The minimum absolute atomic E-state index is 0.310. The zero-order valence-corrected chi connectivity index (χ0v) is 15.4. The molecule has 0 aromatic heterocycles. The molecule has 4 rings (SSSR count). The molecule has 3 aromatic rings. The van der Waals surface area contributed by atoms with E-state index in [-0.39, 0.29) is 0 Å². The van der Waals surface area contributed by atoms with Crippen LogP contribution in [-0.4, -0.2) is 11.6 Å². The Hall–Kier alpha value is -4.02. The van der Waals surface area contributed by atoms with Gasteiger partial charge in [-0.1, -0.05) is 91.0 Å². The quantitative estimate of drug-likeness (QED) is 0.482. The Morgan fingerprint density at radius 1 is 0.655 bits per heavy atom. The average Bonchev–Trinajstić information content (AvgIpc) is 3.44. The summed E-state index contributed by atoms with van der Waals surface area (Å²) in [4.78, 5) is 27.5. The van der Waals surface area contributed by atoms with Gasteiger partial charge in [0.05, 0.1) is 12.1 Å². The molecule has 0 bridgehead atoms. The van der Waals surface area contributed by atoms with Gasteiger partial charge in [-0.2, -0.15) is 10.5 Å². The molecular weight excluding hydrogens is 360 g/mol. The van der Waals surface area contributed by atoms with Crippen LogP contribution in [0.25, 0.3) is 0 Å². The van der Waals surface area contributed by atoms with Crippen LogP contribution in [0, 0.1) is 33.5 Å². The number of Topliss-reactive ketones (excluding diaryl/α,β-unsaturated/α-hetero) is 2. The predicted octanol–water partition coefficient (Wildman–Crippen LogP) is 4.57. The zero-order valence-electron chi connectivity index (χ0n) is 15.4. The molecule has 29 heavy (non-hydrogen) atoms. The summed E-state index contributed by atoms with van der Waals surface area (Å²) in [5.74, 6) is -1.83. The first-order valence-corrected chi connectivity index (χ1v) is 9.20. The van der Waals surface area contributed by atoms with E-state index >= 15 is 0 Å². The average molecular weight is 376 g/mol. The Labute approximate surface area is 168 Å². The maximum Gasteiger partial charge on any atom is 0.180 e. The third-order valence-electron chi connectivity index (χ3n) is 5.68. The molecule has 3 aromatic carbocycles. The number of hydrogen-bond donors (Lipinski definition) is 0. The Kier molecular flexibility index (Phi) is 4.34. The second kappa shape index (κ2) is 6.86. The van der Waals surface area contributed by atoms with Gasteiger partial charge in [0, 0.05) is 17.0 Å². The van der Waals surface area contributed by atoms with E-state index in [4.69, 9.17) is 0 Å². The van der Waals surface area contributed by atoms with Crippen LogP contribution < -0.4 is 0 Å². The predicted molar refractivity (Wildman–Crippen MR) is 107 cm³/mol. The lowest BCUT2D eigenvalue weighted by atomic mass is 9.80. The molecule has 0 N–H and O–H groups in total. The van der Waals surface area contributed by atoms with Crippen molar-refractivity contribution in [2.75, 3.05) is 0 Å². The smallest absolute Gasteiger partial charge is 0.180 e. The van der Waals surface area contributed by atoms with Gasteiger partial charge in [-0.05, 0) is 5.56 Å².